The molecule has 102 valence electrons. The molecule has 7 nitrogen and oxygen atoms in total. The Balaban J connectivity index is 1.85. The predicted molar refractivity (Wildman–Crippen MR) is 67.3 cm³/mol. The number of benzene rings is 1. The van der Waals surface area contributed by atoms with Gasteiger partial charge in [-0.3, -0.25) is 14.9 Å². The van der Waals surface area contributed by atoms with E-state index < -0.39 is 4.92 Å². The Morgan fingerprint density at radius 1 is 1.47 bits per heavy atom. The zero-order valence-electron chi connectivity index (χ0n) is 10.2. The van der Waals surface area contributed by atoms with Crippen LogP contribution in [0.4, 0.5) is 5.69 Å². The Kier molecular flexibility index (Phi) is 4.08. The lowest BCUT2D eigenvalue weighted by molar-refractivity contribution is -0.384. The van der Waals surface area contributed by atoms with E-state index in [0.717, 1.165) is 0 Å². The van der Waals surface area contributed by atoms with Gasteiger partial charge in [-0.2, -0.15) is 0 Å². The molecule has 1 aliphatic heterocycles. The van der Waals surface area contributed by atoms with Crippen molar-refractivity contribution in [1.29, 1.82) is 0 Å². The molecule has 1 heterocycles. The molecule has 0 saturated carbocycles. The summed E-state index contributed by atoms with van der Waals surface area (Å²) >= 11 is 0. The van der Waals surface area contributed by atoms with Gasteiger partial charge in [0.1, 0.15) is 12.6 Å². The van der Waals surface area contributed by atoms with Crippen molar-refractivity contribution >= 4 is 11.7 Å². The number of rotatable bonds is 4. The molecule has 3 N–H and O–H groups in total. The van der Waals surface area contributed by atoms with Crippen molar-refractivity contribution in [1.82, 2.24) is 5.32 Å². The molecule has 1 unspecified atom stereocenters. The van der Waals surface area contributed by atoms with Crippen molar-refractivity contribution < 1.29 is 14.5 Å². The van der Waals surface area contributed by atoms with E-state index in [2.05, 4.69) is 5.32 Å². The van der Waals surface area contributed by atoms with Crippen molar-refractivity contribution in [2.45, 2.75) is 25.1 Å². The summed E-state index contributed by atoms with van der Waals surface area (Å²) in [4.78, 5) is 21.7. The highest BCUT2D eigenvalue weighted by Gasteiger charge is 2.28. The first-order valence-corrected chi connectivity index (χ1v) is 5.95. The fourth-order valence-electron chi connectivity index (χ4n) is 1.91. The van der Waals surface area contributed by atoms with Crippen LogP contribution in [0.15, 0.2) is 24.3 Å². The predicted octanol–water partition coefficient (Wildman–Crippen LogP) is 0.327. The lowest BCUT2D eigenvalue weighted by atomic mass is 10.2. The zero-order chi connectivity index (χ0) is 13.8. The Hall–Kier alpha value is -1.99. The minimum absolute atomic E-state index is 0.0125. The van der Waals surface area contributed by atoms with Crippen LogP contribution in [0.3, 0.4) is 0 Å². The molecule has 0 spiro atoms. The molecule has 0 radical (unpaired) electrons. The average Bonchev–Trinajstić information content (AvgIpc) is 2.83. The van der Waals surface area contributed by atoms with E-state index >= 15 is 0 Å². The SMILES string of the molecule is N[C@@H]1CNC(C(=O)OCc2ccc([N+](=O)[O-])cc2)C1. The maximum absolute atomic E-state index is 11.7. The number of nitrogens with zero attached hydrogens (tertiary/aromatic N) is 1. The van der Waals surface area contributed by atoms with Gasteiger partial charge < -0.3 is 15.8 Å². The van der Waals surface area contributed by atoms with Gasteiger partial charge in [-0.25, -0.2) is 0 Å². The summed E-state index contributed by atoms with van der Waals surface area (Å²) < 4.78 is 5.13. The average molecular weight is 265 g/mol. The maximum atomic E-state index is 11.7. The zero-order valence-corrected chi connectivity index (χ0v) is 10.2. The highest BCUT2D eigenvalue weighted by atomic mass is 16.6. The van der Waals surface area contributed by atoms with Crippen LogP contribution >= 0.6 is 0 Å². The summed E-state index contributed by atoms with van der Waals surface area (Å²) in [5, 5.41) is 13.5. The number of ether oxygens (including phenoxy) is 1. The van der Waals surface area contributed by atoms with Gasteiger partial charge in [0.25, 0.3) is 5.69 Å². The van der Waals surface area contributed by atoms with Gasteiger partial charge in [-0.15, -0.1) is 0 Å². The third-order valence-electron chi connectivity index (χ3n) is 2.98. The highest BCUT2D eigenvalue weighted by molar-refractivity contribution is 5.76. The molecule has 0 aliphatic carbocycles. The monoisotopic (exact) mass is 265 g/mol. The minimum Gasteiger partial charge on any atom is -0.460 e. The lowest BCUT2D eigenvalue weighted by Crippen LogP contribution is -2.32. The summed E-state index contributed by atoms with van der Waals surface area (Å²) in [7, 11) is 0. The molecule has 0 aromatic heterocycles. The molecular formula is C12H15N3O4. The number of carbonyl (C=O) groups is 1. The van der Waals surface area contributed by atoms with Crippen LogP contribution in [0.1, 0.15) is 12.0 Å². The molecule has 7 heteroatoms. The summed E-state index contributed by atoms with van der Waals surface area (Å²) in [6.45, 7) is 0.710. The topological polar surface area (TPSA) is 107 Å². The van der Waals surface area contributed by atoms with Crippen LogP contribution in [-0.2, 0) is 16.1 Å². The molecule has 19 heavy (non-hydrogen) atoms. The number of nitrogens with one attached hydrogen (secondary N) is 1. The molecule has 2 atom stereocenters. The van der Waals surface area contributed by atoms with Crippen LogP contribution in [-0.4, -0.2) is 29.5 Å². The van der Waals surface area contributed by atoms with Crippen molar-refractivity contribution in [2.24, 2.45) is 5.73 Å². The molecule has 1 fully saturated rings. The van der Waals surface area contributed by atoms with Crippen molar-refractivity contribution in [3.05, 3.63) is 39.9 Å². The van der Waals surface area contributed by atoms with E-state index in [1.54, 1.807) is 12.1 Å². The van der Waals surface area contributed by atoms with Gasteiger partial charge in [0, 0.05) is 24.7 Å². The number of nitro benzene ring substituents is 1. The molecule has 1 saturated heterocycles. The van der Waals surface area contributed by atoms with E-state index in [-0.39, 0.29) is 30.3 Å². The van der Waals surface area contributed by atoms with Gasteiger partial charge >= 0.3 is 5.97 Å². The first-order valence-electron chi connectivity index (χ1n) is 5.95. The van der Waals surface area contributed by atoms with Crippen molar-refractivity contribution in [3.63, 3.8) is 0 Å². The molecule has 2 rings (SSSR count). The molecule has 1 aliphatic rings. The highest BCUT2D eigenvalue weighted by Crippen LogP contribution is 2.13. The van der Waals surface area contributed by atoms with Crippen molar-refractivity contribution in [3.8, 4) is 0 Å². The normalized spacial score (nSPS) is 22.2. The molecule has 1 aromatic rings. The van der Waals surface area contributed by atoms with Gasteiger partial charge in [-0.05, 0) is 24.1 Å². The Labute approximate surface area is 109 Å². The number of hydrogen-bond donors (Lipinski definition) is 2. The quantitative estimate of drug-likeness (QED) is 0.461. The third-order valence-corrected chi connectivity index (χ3v) is 2.98. The smallest absolute Gasteiger partial charge is 0.323 e. The third kappa shape index (κ3) is 3.49. The number of esters is 1. The van der Waals surface area contributed by atoms with E-state index in [0.29, 0.717) is 18.5 Å². The Bertz CT molecular complexity index is 474. The maximum Gasteiger partial charge on any atom is 0.323 e. The van der Waals surface area contributed by atoms with E-state index in [1.807, 2.05) is 0 Å². The fourth-order valence-corrected chi connectivity index (χ4v) is 1.91. The van der Waals surface area contributed by atoms with Gasteiger partial charge in [0.2, 0.25) is 0 Å². The molecular weight excluding hydrogens is 250 g/mol. The second kappa shape index (κ2) is 5.77. The van der Waals surface area contributed by atoms with Crippen LogP contribution < -0.4 is 11.1 Å². The largest absolute Gasteiger partial charge is 0.460 e. The summed E-state index contributed by atoms with van der Waals surface area (Å²) in [6, 6.07) is 5.53. The Morgan fingerprint density at radius 2 is 2.16 bits per heavy atom. The summed E-state index contributed by atoms with van der Waals surface area (Å²) in [5.74, 6) is -0.341. The number of carbonyl (C=O) groups excluding carboxylic acids is 1. The van der Waals surface area contributed by atoms with E-state index in [1.165, 1.54) is 12.1 Å². The first-order chi connectivity index (χ1) is 9.06. The van der Waals surface area contributed by atoms with Crippen LogP contribution in [0.5, 0.6) is 0 Å². The molecule has 1 aromatic carbocycles. The van der Waals surface area contributed by atoms with Crippen LogP contribution in [0, 0.1) is 10.1 Å². The number of non-ortho nitro benzene ring substituents is 1. The summed E-state index contributed by atoms with van der Waals surface area (Å²) in [6.07, 6.45) is 0.569. The number of nitrogens with two attached hydrogens (primary N) is 1. The van der Waals surface area contributed by atoms with Gasteiger partial charge in [0.05, 0.1) is 4.92 Å². The second-order valence-corrected chi connectivity index (χ2v) is 4.49. The van der Waals surface area contributed by atoms with Crippen molar-refractivity contribution in [2.75, 3.05) is 6.54 Å². The molecule has 0 bridgehead atoms. The lowest BCUT2D eigenvalue weighted by Gasteiger charge is -2.10. The summed E-state index contributed by atoms with van der Waals surface area (Å²) in [5.41, 5.74) is 6.40. The second-order valence-electron chi connectivity index (χ2n) is 4.49. The fraction of sp³-hybridized carbons (Fsp3) is 0.417. The van der Waals surface area contributed by atoms with Crippen LogP contribution in [0.25, 0.3) is 0 Å². The first kappa shape index (κ1) is 13.4. The van der Waals surface area contributed by atoms with Gasteiger partial charge in [-0.1, -0.05) is 0 Å². The molecule has 0 amide bonds. The van der Waals surface area contributed by atoms with E-state index in [9.17, 15) is 14.9 Å². The number of hydrogen-bond acceptors (Lipinski definition) is 6. The van der Waals surface area contributed by atoms with Crippen LogP contribution in [0.2, 0.25) is 0 Å². The van der Waals surface area contributed by atoms with Gasteiger partial charge in [0.15, 0.2) is 0 Å². The Morgan fingerprint density at radius 3 is 2.68 bits per heavy atom. The standard InChI is InChI=1S/C12H15N3O4/c13-9-5-11(14-6-9)12(16)19-7-8-1-3-10(4-2-8)15(17)18/h1-4,9,11,14H,5-7,13H2/t9-,11?/m0/s1. The van der Waals surface area contributed by atoms with E-state index in [4.69, 9.17) is 10.5 Å². The number of nitro groups is 1. The minimum atomic E-state index is -0.473.